The van der Waals surface area contributed by atoms with Gasteiger partial charge in [-0.05, 0) is 35.4 Å². The fourth-order valence-corrected chi connectivity index (χ4v) is 2.27. The largest absolute Gasteiger partial charge is 0.504 e. The van der Waals surface area contributed by atoms with Crippen molar-refractivity contribution < 1.29 is 24.4 Å². The van der Waals surface area contributed by atoms with E-state index >= 15 is 0 Å². The number of hydrogen-bond acceptors (Lipinski definition) is 5. The maximum Gasteiger partial charge on any atom is 0.200 e. The highest BCUT2D eigenvalue weighted by Gasteiger charge is 2.17. The van der Waals surface area contributed by atoms with Crippen LogP contribution in [0.4, 0.5) is 0 Å². The van der Waals surface area contributed by atoms with Crippen LogP contribution in [0.5, 0.6) is 23.0 Å². The van der Waals surface area contributed by atoms with Crippen LogP contribution < -0.4 is 9.47 Å². The molecular formula is C17H20O5. The van der Waals surface area contributed by atoms with E-state index in [1.807, 2.05) is 24.3 Å². The molecule has 0 unspecified atom stereocenters. The molecule has 2 aromatic rings. The van der Waals surface area contributed by atoms with Gasteiger partial charge in [0.15, 0.2) is 11.5 Å². The average Bonchev–Trinajstić information content (AvgIpc) is 2.55. The van der Waals surface area contributed by atoms with Crippen LogP contribution in [0, 0.1) is 0 Å². The van der Waals surface area contributed by atoms with Crippen molar-refractivity contribution >= 4 is 0 Å². The molecule has 0 bridgehead atoms. The van der Waals surface area contributed by atoms with E-state index in [9.17, 15) is 10.2 Å². The summed E-state index contributed by atoms with van der Waals surface area (Å²) in [5.41, 5.74) is 1.80. The molecule has 0 heterocycles. The third kappa shape index (κ3) is 3.43. The van der Waals surface area contributed by atoms with Gasteiger partial charge in [-0.15, -0.1) is 0 Å². The lowest BCUT2D eigenvalue weighted by molar-refractivity contribution is 0.103. The van der Waals surface area contributed by atoms with Crippen molar-refractivity contribution in [1.82, 2.24) is 0 Å². The Morgan fingerprint density at radius 1 is 0.955 bits per heavy atom. The third-order valence-corrected chi connectivity index (χ3v) is 3.53. The highest BCUT2D eigenvalue weighted by Crippen LogP contribution is 2.39. The molecule has 1 atom stereocenters. The van der Waals surface area contributed by atoms with E-state index in [2.05, 4.69) is 0 Å². The van der Waals surface area contributed by atoms with Crippen LogP contribution in [0.15, 0.2) is 36.4 Å². The van der Waals surface area contributed by atoms with Crippen LogP contribution in [0.1, 0.15) is 17.2 Å². The Labute approximate surface area is 129 Å². The Hall–Kier alpha value is -2.40. The second kappa shape index (κ2) is 7.04. The molecule has 2 aromatic carbocycles. The normalized spacial score (nSPS) is 12.0. The van der Waals surface area contributed by atoms with Crippen LogP contribution in [0.3, 0.4) is 0 Å². The lowest BCUT2D eigenvalue weighted by atomic mass is 10.0. The number of ether oxygens (including phenoxy) is 3. The minimum absolute atomic E-state index is 0.215. The third-order valence-electron chi connectivity index (χ3n) is 3.53. The summed E-state index contributed by atoms with van der Waals surface area (Å²) in [4.78, 5) is 0. The van der Waals surface area contributed by atoms with Crippen LogP contribution in [0.25, 0.3) is 0 Å². The number of rotatable bonds is 6. The second-order valence-corrected chi connectivity index (χ2v) is 4.87. The van der Waals surface area contributed by atoms with Gasteiger partial charge in [0.1, 0.15) is 5.75 Å². The predicted octanol–water partition coefficient (Wildman–Crippen LogP) is 3.05. The van der Waals surface area contributed by atoms with Gasteiger partial charge in [-0.1, -0.05) is 12.1 Å². The Kier molecular flexibility index (Phi) is 5.12. The Balaban J connectivity index is 2.25. The molecule has 5 heteroatoms. The summed E-state index contributed by atoms with van der Waals surface area (Å²) in [6.45, 7) is 0. The Morgan fingerprint density at radius 3 is 2.18 bits per heavy atom. The second-order valence-electron chi connectivity index (χ2n) is 4.87. The molecule has 0 aliphatic heterocycles. The van der Waals surface area contributed by atoms with Crippen molar-refractivity contribution in [2.45, 2.75) is 12.5 Å². The lowest BCUT2D eigenvalue weighted by Crippen LogP contribution is -2.06. The first kappa shape index (κ1) is 16.0. The van der Waals surface area contributed by atoms with Crippen LogP contribution in [0.2, 0.25) is 0 Å². The van der Waals surface area contributed by atoms with Crippen molar-refractivity contribution in [2.24, 2.45) is 0 Å². The summed E-state index contributed by atoms with van der Waals surface area (Å²) in [6, 6.07) is 10.8. The van der Waals surface area contributed by atoms with E-state index in [4.69, 9.17) is 14.2 Å². The first-order valence-corrected chi connectivity index (χ1v) is 6.84. The number of aromatic hydroxyl groups is 2. The zero-order chi connectivity index (χ0) is 16.1. The zero-order valence-electron chi connectivity index (χ0n) is 12.9. The minimum atomic E-state index is -0.273. The predicted molar refractivity (Wildman–Crippen MR) is 82.8 cm³/mol. The summed E-state index contributed by atoms with van der Waals surface area (Å²) in [5, 5.41) is 19.5. The summed E-state index contributed by atoms with van der Waals surface area (Å²) in [7, 11) is 4.66. The average molecular weight is 304 g/mol. The van der Waals surface area contributed by atoms with Crippen LogP contribution >= 0.6 is 0 Å². The monoisotopic (exact) mass is 304 g/mol. The molecule has 0 fully saturated rings. The van der Waals surface area contributed by atoms with Gasteiger partial charge in [0.25, 0.3) is 0 Å². The van der Waals surface area contributed by atoms with E-state index in [0.717, 1.165) is 16.9 Å². The van der Waals surface area contributed by atoms with Gasteiger partial charge >= 0.3 is 0 Å². The summed E-state index contributed by atoms with van der Waals surface area (Å²) in [5.74, 6) is 0.505. The van der Waals surface area contributed by atoms with Gasteiger partial charge < -0.3 is 24.4 Å². The van der Waals surface area contributed by atoms with Gasteiger partial charge in [-0.2, -0.15) is 0 Å². The summed E-state index contributed by atoms with van der Waals surface area (Å²) < 4.78 is 15.7. The molecule has 0 aliphatic carbocycles. The van der Waals surface area contributed by atoms with Gasteiger partial charge in [0.05, 0.1) is 20.3 Å². The topological polar surface area (TPSA) is 68.2 Å². The maximum absolute atomic E-state index is 9.79. The quantitative estimate of drug-likeness (QED) is 0.803. The molecule has 5 nitrogen and oxygen atoms in total. The molecular weight excluding hydrogens is 284 g/mol. The first-order chi connectivity index (χ1) is 10.6. The van der Waals surface area contributed by atoms with E-state index in [0.29, 0.717) is 6.42 Å². The van der Waals surface area contributed by atoms with Crippen molar-refractivity contribution in [2.75, 3.05) is 21.3 Å². The van der Waals surface area contributed by atoms with Gasteiger partial charge in [0, 0.05) is 13.5 Å². The molecule has 2 rings (SSSR count). The number of phenols is 2. The first-order valence-electron chi connectivity index (χ1n) is 6.84. The molecule has 0 radical (unpaired) electrons. The van der Waals surface area contributed by atoms with Crippen molar-refractivity contribution in [3.63, 3.8) is 0 Å². The number of benzene rings is 2. The fourth-order valence-electron chi connectivity index (χ4n) is 2.27. The highest BCUT2D eigenvalue weighted by molar-refractivity contribution is 5.52. The Bertz CT molecular complexity index is 622. The maximum atomic E-state index is 9.79. The fraction of sp³-hybridized carbons (Fsp3) is 0.294. The van der Waals surface area contributed by atoms with Gasteiger partial charge in [0.2, 0.25) is 5.75 Å². The number of hydrogen-bond donors (Lipinski definition) is 2. The molecule has 0 aromatic heterocycles. The summed E-state index contributed by atoms with van der Waals surface area (Å²) in [6.07, 6.45) is 0.349. The van der Waals surface area contributed by atoms with Crippen molar-refractivity contribution in [3.05, 3.63) is 47.5 Å². The van der Waals surface area contributed by atoms with Crippen LogP contribution in [-0.2, 0) is 11.2 Å². The van der Waals surface area contributed by atoms with E-state index in [1.54, 1.807) is 20.3 Å². The highest BCUT2D eigenvalue weighted by atomic mass is 16.5. The molecule has 0 saturated heterocycles. The summed E-state index contributed by atoms with van der Waals surface area (Å²) >= 11 is 0. The minimum Gasteiger partial charge on any atom is -0.504 e. The lowest BCUT2D eigenvalue weighted by Gasteiger charge is -2.18. The van der Waals surface area contributed by atoms with E-state index in [-0.39, 0.29) is 23.4 Å². The molecule has 0 amide bonds. The van der Waals surface area contributed by atoms with E-state index < -0.39 is 0 Å². The molecule has 0 spiro atoms. The van der Waals surface area contributed by atoms with Crippen molar-refractivity contribution in [3.8, 4) is 23.0 Å². The zero-order valence-corrected chi connectivity index (χ0v) is 12.9. The molecule has 22 heavy (non-hydrogen) atoms. The molecule has 0 saturated carbocycles. The van der Waals surface area contributed by atoms with Gasteiger partial charge in [-0.3, -0.25) is 0 Å². The SMILES string of the molecule is COc1ccc(C[C@H](OC)c2cc(O)c(O)c(OC)c2)cc1. The van der Waals surface area contributed by atoms with E-state index in [1.165, 1.54) is 13.2 Å². The number of phenolic OH excluding ortho intramolecular Hbond substituents is 2. The molecule has 0 aliphatic rings. The van der Waals surface area contributed by atoms with Crippen molar-refractivity contribution in [1.29, 1.82) is 0 Å². The number of methoxy groups -OCH3 is 3. The van der Waals surface area contributed by atoms with Gasteiger partial charge in [-0.25, -0.2) is 0 Å². The molecule has 118 valence electrons. The molecule has 2 N–H and O–H groups in total. The Morgan fingerprint density at radius 2 is 1.64 bits per heavy atom. The standard InChI is InChI=1S/C17H20O5/c1-20-13-6-4-11(5-7-13)8-15(21-2)12-9-14(18)17(19)16(10-12)22-3/h4-7,9-10,15,18-19H,8H2,1-3H3/t15-/m0/s1. The van der Waals surface area contributed by atoms with Crippen LogP contribution in [-0.4, -0.2) is 31.5 Å². The smallest absolute Gasteiger partial charge is 0.200 e.